The minimum absolute atomic E-state index is 0.0994. The van der Waals surface area contributed by atoms with Crippen LogP contribution in [0, 0.1) is 0 Å². The van der Waals surface area contributed by atoms with E-state index in [2.05, 4.69) is 6.07 Å². The van der Waals surface area contributed by atoms with E-state index in [1.807, 2.05) is 12.1 Å². The molecule has 1 aromatic rings. The number of hydrogen-bond donors (Lipinski definition) is 0. The summed E-state index contributed by atoms with van der Waals surface area (Å²) in [6.07, 6.45) is 1.91. The van der Waals surface area contributed by atoms with Crippen molar-refractivity contribution in [3.05, 3.63) is 29.3 Å². The number of alkyl halides is 1. The molecule has 0 spiro atoms. The second-order valence-corrected chi connectivity index (χ2v) is 4.00. The molecule has 0 bridgehead atoms. The highest BCUT2D eigenvalue weighted by atomic mass is 35.5. The highest BCUT2D eigenvalue weighted by molar-refractivity contribution is 6.17. The van der Waals surface area contributed by atoms with Gasteiger partial charge in [-0.3, -0.25) is 0 Å². The van der Waals surface area contributed by atoms with Crippen LogP contribution in [0.5, 0.6) is 5.75 Å². The Hall–Kier alpha value is -0.730. The quantitative estimate of drug-likeness (QED) is 0.738. The standard InChI is InChI=1S/C12H15ClO2/c1-14-10-4-2-3-9-6-8-15-11(5-7-13)12(9)10/h2-4,11H,5-8H2,1H3. The largest absolute Gasteiger partial charge is 0.496 e. The lowest BCUT2D eigenvalue weighted by Crippen LogP contribution is -2.17. The maximum absolute atomic E-state index is 5.78. The van der Waals surface area contributed by atoms with Gasteiger partial charge in [0, 0.05) is 11.4 Å². The monoisotopic (exact) mass is 226 g/mol. The average Bonchev–Trinajstić information content (AvgIpc) is 2.29. The maximum Gasteiger partial charge on any atom is 0.124 e. The third-order valence-electron chi connectivity index (χ3n) is 2.76. The number of methoxy groups -OCH3 is 1. The third-order valence-corrected chi connectivity index (χ3v) is 2.98. The van der Waals surface area contributed by atoms with Crippen LogP contribution in [0.1, 0.15) is 23.7 Å². The van der Waals surface area contributed by atoms with E-state index in [0.717, 1.165) is 25.2 Å². The summed E-state index contributed by atoms with van der Waals surface area (Å²) in [5.41, 5.74) is 2.52. The molecule has 1 unspecified atom stereocenters. The molecule has 1 aromatic carbocycles. The topological polar surface area (TPSA) is 18.5 Å². The zero-order valence-electron chi connectivity index (χ0n) is 8.83. The Labute approximate surface area is 95.1 Å². The summed E-state index contributed by atoms with van der Waals surface area (Å²) in [6, 6.07) is 6.15. The first-order valence-electron chi connectivity index (χ1n) is 5.20. The van der Waals surface area contributed by atoms with Crippen LogP contribution in [-0.2, 0) is 11.2 Å². The van der Waals surface area contributed by atoms with Crippen LogP contribution in [0.3, 0.4) is 0 Å². The van der Waals surface area contributed by atoms with Crippen molar-refractivity contribution in [1.82, 2.24) is 0 Å². The molecule has 0 aromatic heterocycles. The summed E-state index contributed by atoms with van der Waals surface area (Å²) in [5, 5.41) is 0. The Kier molecular flexibility index (Phi) is 3.49. The smallest absolute Gasteiger partial charge is 0.124 e. The number of fused-ring (bicyclic) bond motifs is 1. The number of rotatable bonds is 3. The van der Waals surface area contributed by atoms with Crippen LogP contribution in [-0.4, -0.2) is 19.6 Å². The molecule has 2 nitrogen and oxygen atoms in total. The van der Waals surface area contributed by atoms with Gasteiger partial charge in [-0.1, -0.05) is 12.1 Å². The van der Waals surface area contributed by atoms with Crippen molar-refractivity contribution in [2.45, 2.75) is 18.9 Å². The SMILES string of the molecule is COc1cccc2c1C(CCCl)OCC2. The van der Waals surface area contributed by atoms with Crippen LogP contribution in [0.15, 0.2) is 18.2 Å². The average molecular weight is 227 g/mol. The first kappa shape index (κ1) is 10.8. The van der Waals surface area contributed by atoms with Crippen molar-refractivity contribution in [1.29, 1.82) is 0 Å². The van der Waals surface area contributed by atoms with E-state index < -0.39 is 0 Å². The fraction of sp³-hybridized carbons (Fsp3) is 0.500. The lowest BCUT2D eigenvalue weighted by atomic mass is 9.95. The van der Waals surface area contributed by atoms with Crippen molar-refractivity contribution in [3.8, 4) is 5.75 Å². The summed E-state index contributed by atoms with van der Waals surface area (Å²) in [5.74, 6) is 1.53. The molecule has 2 rings (SSSR count). The Balaban J connectivity index is 2.38. The molecule has 1 heterocycles. The minimum Gasteiger partial charge on any atom is -0.496 e. The predicted octanol–water partition coefficient (Wildman–Crippen LogP) is 2.94. The molecule has 1 aliphatic heterocycles. The minimum atomic E-state index is 0.0994. The van der Waals surface area contributed by atoms with Crippen molar-refractivity contribution in [3.63, 3.8) is 0 Å². The Morgan fingerprint density at radius 3 is 3.13 bits per heavy atom. The van der Waals surface area contributed by atoms with E-state index in [1.165, 1.54) is 11.1 Å². The summed E-state index contributed by atoms with van der Waals surface area (Å²) >= 11 is 5.78. The molecule has 0 fully saturated rings. The van der Waals surface area contributed by atoms with E-state index in [9.17, 15) is 0 Å². The van der Waals surface area contributed by atoms with Gasteiger partial charge in [-0.25, -0.2) is 0 Å². The molecule has 0 amide bonds. The van der Waals surface area contributed by atoms with Crippen molar-refractivity contribution in [2.24, 2.45) is 0 Å². The lowest BCUT2D eigenvalue weighted by molar-refractivity contribution is 0.0386. The van der Waals surface area contributed by atoms with Gasteiger partial charge in [0.2, 0.25) is 0 Å². The summed E-state index contributed by atoms with van der Waals surface area (Å²) in [6.45, 7) is 0.779. The summed E-state index contributed by atoms with van der Waals surface area (Å²) in [7, 11) is 1.70. The summed E-state index contributed by atoms with van der Waals surface area (Å²) in [4.78, 5) is 0. The molecule has 82 valence electrons. The normalized spacial score (nSPS) is 19.7. The molecule has 0 aliphatic carbocycles. The van der Waals surface area contributed by atoms with Gasteiger partial charge in [0.25, 0.3) is 0 Å². The molecule has 0 radical (unpaired) electrons. The van der Waals surface area contributed by atoms with Gasteiger partial charge in [0.05, 0.1) is 19.8 Å². The number of benzene rings is 1. The number of ether oxygens (including phenoxy) is 2. The van der Waals surface area contributed by atoms with Crippen molar-refractivity contribution >= 4 is 11.6 Å². The van der Waals surface area contributed by atoms with Crippen LogP contribution in [0.25, 0.3) is 0 Å². The Morgan fingerprint density at radius 2 is 2.40 bits per heavy atom. The molecule has 15 heavy (non-hydrogen) atoms. The second kappa shape index (κ2) is 4.86. The molecular formula is C12H15ClO2. The van der Waals surface area contributed by atoms with Crippen LogP contribution >= 0.6 is 11.6 Å². The van der Waals surface area contributed by atoms with Crippen LogP contribution in [0.2, 0.25) is 0 Å². The molecule has 3 heteroatoms. The second-order valence-electron chi connectivity index (χ2n) is 3.62. The van der Waals surface area contributed by atoms with E-state index in [4.69, 9.17) is 21.1 Å². The fourth-order valence-corrected chi connectivity index (χ4v) is 2.27. The van der Waals surface area contributed by atoms with E-state index in [-0.39, 0.29) is 6.10 Å². The summed E-state index contributed by atoms with van der Waals surface area (Å²) < 4.78 is 11.1. The highest BCUT2D eigenvalue weighted by Gasteiger charge is 2.23. The number of halogens is 1. The van der Waals surface area contributed by atoms with Gasteiger partial charge in [-0.15, -0.1) is 11.6 Å². The fourth-order valence-electron chi connectivity index (χ4n) is 2.07. The first-order chi connectivity index (χ1) is 7.36. The zero-order chi connectivity index (χ0) is 10.7. The highest BCUT2D eigenvalue weighted by Crippen LogP contribution is 2.36. The molecule has 0 saturated heterocycles. The van der Waals surface area contributed by atoms with E-state index in [0.29, 0.717) is 5.88 Å². The Bertz CT molecular complexity index is 324. The number of hydrogen-bond acceptors (Lipinski definition) is 2. The van der Waals surface area contributed by atoms with Crippen molar-refractivity contribution in [2.75, 3.05) is 19.6 Å². The van der Waals surface area contributed by atoms with Gasteiger partial charge in [0.1, 0.15) is 5.75 Å². The maximum atomic E-state index is 5.78. The Morgan fingerprint density at radius 1 is 1.53 bits per heavy atom. The van der Waals surface area contributed by atoms with Gasteiger partial charge >= 0.3 is 0 Å². The first-order valence-corrected chi connectivity index (χ1v) is 5.73. The zero-order valence-corrected chi connectivity index (χ0v) is 9.59. The molecule has 0 saturated carbocycles. The lowest BCUT2D eigenvalue weighted by Gasteiger charge is -2.27. The third kappa shape index (κ3) is 2.11. The molecule has 1 aliphatic rings. The molecular weight excluding hydrogens is 212 g/mol. The van der Waals surface area contributed by atoms with E-state index >= 15 is 0 Å². The molecule has 1 atom stereocenters. The van der Waals surface area contributed by atoms with Gasteiger partial charge in [-0.05, 0) is 24.5 Å². The van der Waals surface area contributed by atoms with Crippen LogP contribution < -0.4 is 4.74 Å². The van der Waals surface area contributed by atoms with Gasteiger partial charge < -0.3 is 9.47 Å². The van der Waals surface area contributed by atoms with Gasteiger partial charge in [0.15, 0.2) is 0 Å². The van der Waals surface area contributed by atoms with Crippen LogP contribution in [0.4, 0.5) is 0 Å². The van der Waals surface area contributed by atoms with E-state index in [1.54, 1.807) is 7.11 Å². The molecule has 0 N–H and O–H groups in total. The predicted molar refractivity (Wildman–Crippen MR) is 60.7 cm³/mol. The van der Waals surface area contributed by atoms with Crippen molar-refractivity contribution < 1.29 is 9.47 Å². The van der Waals surface area contributed by atoms with Gasteiger partial charge in [-0.2, -0.15) is 0 Å².